The molecule has 0 saturated carbocycles. The Hall–Kier alpha value is -1.28. The Bertz CT molecular complexity index is 417. The number of H-pyrrole nitrogens is 1. The van der Waals surface area contributed by atoms with Gasteiger partial charge in [0, 0.05) is 17.8 Å². The summed E-state index contributed by atoms with van der Waals surface area (Å²) in [5, 5.41) is 1.27. The summed E-state index contributed by atoms with van der Waals surface area (Å²) in [7, 11) is 0. The fourth-order valence-corrected chi connectivity index (χ4v) is 1.75. The number of rotatable bonds is 3. The fraction of sp³-hybridized carbons (Fsp3) is 0.333. The molecule has 3 N–H and O–H groups in total. The second-order valence-corrected chi connectivity index (χ2v) is 3.73. The van der Waals surface area contributed by atoms with Crippen LogP contribution in [0.25, 0.3) is 10.9 Å². The zero-order chi connectivity index (χ0) is 9.97. The number of fused-ring (bicyclic) bond motifs is 1. The van der Waals surface area contributed by atoms with Gasteiger partial charge in [-0.2, -0.15) is 0 Å². The van der Waals surface area contributed by atoms with Crippen molar-refractivity contribution in [3.63, 3.8) is 0 Å². The molecular weight excluding hydrogens is 172 g/mol. The number of nitrogens with one attached hydrogen (secondary N) is 1. The van der Waals surface area contributed by atoms with E-state index in [1.54, 1.807) is 0 Å². The Morgan fingerprint density at radius 1 is 1.36 bits per heavy atom. The minimum atomic E-state index is 0.268. The first kappa shape index (κ1) is 9.28. The van der Waals surface area contributed by atoms with E-state index in [0.717, 1.165) is 12.8 Å². The number of aromatic nitrogens is 1. The molecule has 0 fully saturated rings. The highest BCUT2D eigenvalue weighted by Crippen LogP contribution is 2.18. The number of hydrogen-bond donors (Lipinski definition) is 2. The Kier molecular flexibility index (Phi) is 2.55. The molecule has 1 aromatic heterocycles. The van der Waals surface area contributed by atoms with E-state index >= 15 is 0 Å². The number of aromatic amines is 1. The van der Waals surface area contributed by atoms with Gasteiger partial charge in [0.2, 0.25) is 0 Å². The molecule has 0 spiro atoms. The van der Waals surface area contributed by atoms with Gasteiger partial charge in [0.15, 0.2) is 0 Å². The molecule has 0 saturated heterocycles. The van der Waals surface area contributed by atoms with Crippen LogP contribution in [0.3, 0.4) is 0 Å². The summed E-state index contributed by atoms with van der Waals surface area (Å²) in [6.45, 7) is 2.12. The van der Waals surface area contributed by atoms with Crippen molar-refractivity contribution in [3.8, 4) is 0 Å². The van der Waals surface area contributed by atoms with Crippen LogP contribution >= 0.6 is 0 Å². The largest absolute Gasteiger partial charge is 0.361 e. The fourth-order valence-electron chi connectivity index (χ4n) is 1.75. The first-order valence-corrected chi connectivity index (χ1v) is 5.12. The van der Waals surface area contributed by atoms with Gasteiger partial charge in [-0.15, -0.1) is 0 Å². The average Bonchev–Trinajstić information content (AvgIpc) is 2.66. The first-order chi connectivity index (χ1) is 6.81. The molecule has 1 aromatic carbocycles. The van der Waals surface area contributed by atoms with Crippen LogP contribution in [-0.4, -0.2) is 11.0 Å². The highest BCUT2D eigenvalue weighted by atomic mass is 14.7. The van der Waals surface area contributed by atoms with Crippen LogP contribution in [0.15, 0.2) is 30.5 Å². The summed E-state index contributed by atoms with van der Waals surface area (Å²) in [5.41, 5.74) is 8.50. The van der Waals surface area contributed by atoms with Gasteiger partial charge >= 0.3 is 0 Å². The molecule has 2 nitrogen and oxygen atoms in total. The van der Waals surface area contributed by atoms with Crippen molar-refractivity contribution in [1.29, 1.82) is 0 Å². The summed E-state index contributed by atoms with van der Waals surface area (Å²) in [6.07, 6.45) is 3.96. The lowest BCUT2D eigenvalue weighted by Gasteiger charge is -2.09. The van der Waals surface area contributed by atoms with Crippen LogP contribution in [0.4, 0.5) is 0 Å². The highest BCUT2D eigenvalue weighted by Gasteiger charge is 2.05. The highest BCUT2D eigenvalue weighted by molar-refractivity contribution is 5.82. The molecule has 14 heavy (non-hydrogen) atoms. The Morgan fingerprint density at radius 2 is 2.21 bits per heavy atom. The molecule has 0 unspecified atom stereocenters. The Labute approximate surface area is 84.1 Å². The summed E-state index contributed by atoms with van der Waals surface area (Å²) in [4.78, 5) is 3.26. The van der Waals surface area contributed by atoms with E-state index in [2.05, 4.69) is 36.2 Å². The molecule has 0 aliphatic carbocycles. The van der Waals surface area contributed by atoms with Gasteiger partial charge < -0.3 is 10.7 Å². The molecule has 0 radical (unpaired) electrons. The van der Waals surface area contributed by atoms with Gasteiger partial charge in [-0.3, -0.25) is 0 Å². The average molecular weight is 188 g/mol. The topological polar surface area (TPSA) is 41.8 Å². The van der Waals surface area contributed by atoms with E-state index in [-0.39, 0.29) is 6.04 Å². The standard InChI is InChI=1S/C12H16N2/c1-2-11(13)8-10-5-3-4-9-6-7-14-12(9)10/h3-7,11,14H,2,8,13H2,1H3/t11-/m0/s1. The van der Waals surface area contributed by atoms with Crippen molar-refractivity contribution in [1.82, 2.24) is 4.98 Å². The number of hydrogen-bond acceptors (Lipinski definition) is 1. The molecule has 0 bridgehead atoms. The quantitative estimate of drug-likeness (QED) is 0.763. The summed E-state index contributed by atoms with van der Waals surface area (Å²) >= 11 is 0. The minimum absolute atomic E-state index is 0.268. The monoisotopic (exact) mass is 188 g/mol. The maximum Gasteiger partial charge on any atom is 0.0487 e. The predicted molar refractivity (Wildman–Crippen MR) is 60.3 cm³/mol. The zero-order valence-electron chi connectivity index (χ0n) is 8.46. The minimum Gasteiger partial charge on any atom is -0.361 e. The molecule has 0 aliphatic heterocycles. The normalized spacial score (nSPS) is 13.3. The van der Waals surface area contributed by atoms with Crippen molar-refractivity contribution in [3.05, 3.63) is 36.0 Å². The second kappa shape index (κ2) is 3.84. The van der Waals surface area contributed by atoms with Crippen molar-refractivity contribution in [2.45, 2.75) is 25.8 Å². The molecule has 2 rings (SSSR count). The summed E-state index contributed by atoms with van der Waals surface area (Å²) in [5.74, 6) is 0. The molecule has 2 heteroatoms. The SMILES string of the molecule is CC[C@H](N)Cc1cccc2cc[nH]c12. The first-order valence-electron chi connectivity index (χ1n) is 5.12. The third kappa shape index (κ3) is 1.66. The lowest BCUT2D eigenvalue weighted by Crippen LogP contribution is -2.21. The van der Waals surface area contributed by atoms with Crippen molar-refractivity contribution >= 4 is 10.9 Å². The van der Waals surface area contributed by atoms with E-state index in [0.29, 0.717) is 0 Å². The van der Waals surface area contributed by atoms with E-state index < -0.39 is 0 Å². The summed E-state index contributed by atoms with van der Waals surface area (Å²) in [6, 6.07) is 8.72. The van der Waals surface area contributed by atoms with E-state index in [1.165, 1.54) is 16.5 Å². The molecule has 1 atom stereocenters. The molecule has 74 valence electrons. The van der Waals surface area contributed by atoms with Crippen LogP contribution < -0.4 is 5.73 Å². The maximum atomic E-state index is 5.95. The van der Waals surface area contributed by atoms with Gasteiger partial charge in [0.05, 0.1) is 0 Å². The van der Waals surface area contributed by atoms with Gasteiger partial charge in [0.25, 0.3) is 0 Å². The number of benzene rings is 1. The second-order valence-electron chi connectivity index (χ2n) is 3.73. The zero-order valence-corrected chi connectivity index (χ0v) is 8.46. The molecular formula is C12H16N2. The molecule has 1 heterocycles. The lowest BCUT2D eigenvalue weighted by atomic mass is 10.0. The van der Waals surface area contributed by atoms with Gasteiger partial charge in [-0.05, 0) is 29.9 Å². The van der Waals surface area contributed by atoms with Crippen LogP contribution in [-0.2, 0) is 6.42 Å². The molecule has 2 aromatic rings. The maximum absolute atomic E-state index is 5.95. The van der Waals surface area contributed by atoms with E-state index in [1.807, 2.05) is 6.20 Å². The van der Waals surface area contributed by atoms with Crippen molar-refractivity contribution in [2.75, 3.05) is 0 Å². The third-order valence-electron chi connectivity index (χ3n) is 2.68. The van der Waals surface area contributed by atoms with Gasteiger partial charge in [-0.25, -0.2) is 0 Å². The van der Waals surface area contributed by atoms with Crippen LogP contribution in [0.1, 0.15) is 18.9 Å². The van der Waals surface area contributed by atoms with E-state index in [9.17, 15) is 0 Å². The van der Waals surface area contributed by atoms with Crippen LogP contribution in [0.2, 0.25) is 0 Å². The third-order valence-corrected chi connectivity index (χ3v) is 2.68. The molecule has 0 aliphatic rings. The number of para-hydroxylation sites is 1. The summed E-state index contributed by atoms with van der Waals surface area (Å²) < 4.78 is 0. The van der Waals surface area contributed by atoms with Crippen molar-refractivity contribution in [2.24, 2.45) is 5.73 Å². The Morgan fingerprint density at radius 3 is 3.00 bits per heavy atom. The Balaban J connectivity index is 2.36. The smallest absolute Gasteiger partial charge is 0.0487 e. The molecule has 0 amide bonds. The number of nitrogens with two attached hydrogens (primary N) is 1. The van der Waals surface area contributed by atoms with Gasteiger partial charge in [0.1, 0.15) is 0 Å². The lowest BCUT2D eigenvalue weighted by molar-refractivity contribution is 0.648. The van der Waals surface area contributed by atoms with Crippen molar-refractivity contribution < 1.29 is 0 Å². The van der Waals surface area contributed by atoms with Gasteiger partial charge in [-0.1, -0.05) is 25.1 Å². The van der Waals surface area contributed by atoms with Crippen LogP contribution in [0.5, 0.6) is 0 Å². The van der Waals surface area contributed by atoms with Crippen LogP contribution in [0, 0.1) is 0 Å². The predicted octanol–water partition coefficient (Wildman–Crippen LogP) is 2.45. The van der Waals surface area contributed by atoms with E-state index in [4.69, 9.17) is 5.73 Å².